The molecular weight excluding hydrogens is 228 g/mol. The van der Waals surface area contributed by atoms with E-state index in [-0.39, 0.29) is 24.5 Å². The molecule has 0 bridgehead atoms. The number of likely N-dealkylation sites (tertiary alicyclic amines) is 1. The Labute approximate surface area is 108 Å². The van der Waals surface area contributed by atoms with Gasteiger partial charge in [-0.3, -0.25) is 4.79 Å². The Morgan fingerprint density at radius 2 is 2.28 bits per heavy atom. The highest BCUT2D eigenvalue weighted by Gasteiger charge is 2.29. The average molecular weight is 248 g/mol. The van der Waals surface area contributed by atoms with E-state index in [9.17, 15) is 9.90 Å². The van der Waals surface area contributed by atoms with Gasteiger partial charge in [-0.1, -0.05) is 6.07 Å². The van der Waals surface area contributed by atoms with Crippen LogP contribution in [-0.4, -0.2) is 40.1 Å². The van der Waals surface area contributed by atoms with Crippen LogP contribution < -0.4 is 0 Å². The molecule has 1 aromatic rings. The Bertz CT molecular complexity index is 434. The first kappa shape index (κ1) is 13.0. The van der Waals surface area contributed by atoms with Gasteiger partial charge < -0.3 is 10.0 Å². The Morgan fingerprint density at radius 1 is 1.50 bits per heavy atom. The van der Waals surface area contributed by atoms with E-state index in [2.05, 4.69) is 11.9 Å². The molecule has 4 heteroatoms. The first-order valence-corrected chi connectivity index (χ1v) is 6.47. The van der Waals surface area contributed by atoms with Gasteiger partial charge in [0.1, 0.15) is 5.69 Å². The lowest BCUT2D eigenvalue weighted by atomic mass is 9.94. The number of nitrogens with zero attached hydrogens (tertiary/aromatic N) is 2. The van der Waals surface area contributed by atoms with Gasteiger partial charge in [0.05, 0.1) is 0 Å². The van der Waals surface area contributed by atoms with Crippen LogP contribution in [-0.2, 0) is 0 Å². The zero-order valence-corrected chi connectivity index (χ0v) is 11.0. The van der Waals surface area contributed by atoms with Gasteiger partial charge >= 0.3 is 0 Å². The summed E-state index contributed by atoms with van der Waals surface area (Å²) in [6.45, 7) is 4.72. The van der Waals surface area contributed by atoms with E-state index in [1.807, 2.05) is 24.0 Å². The van der Waals surface area contributed by atoms with Crippen molar-refractivity contribution in [3.05, 3.63) is 29.6 Å². The fraction of sp³-hybridized carbons (Fsp3) is 0.571. The molecule has 1 aliphatic heterocycles. The molecular formula is C14H20N2O2. The molecule has 2 heterocycles. The molecule has 2 atom stereocenters. The summed E-state index contributed by atoms with van der Waals surface area (Å²) in [6, 6.07) is 5.72. The fourth-order valence-corrected chi connectivity index (χ4v) is 2.42. The average Bonchev–Trinajstić information content (AvgIpc) is 2.38. The van der Waals surface area contributed by atoms with Crippen LogP contribution in [0.2, 0.25) is 0 Å². The van der Waals surface area contributed by atoms with Gasteiger partial charge in [0.15, 0.2) is 0 Å². The van der Waals surface area contributed by atoms with Crippen LogP contribution in [0.1, 0.15) is 35.9 Å². The van der Waals surface area contributed by atoms with E-state index >= 15 is 0 Å². The second-order valence-corrected chi connectivity index (χ2v) is 5.10. The number of aromatic nitrogens is 1. The van der Waals surface area contributed by atoms with Gasteiger partial charge in [0, 0.05) is 24.9 Å². The highest BCUT2D eigenvalue weighted by molar-refractivity contribution is 5.92. The molecule has 1 aromatic heterocycles. The van der Waals surface area contributed by atoms with Crippen molar-refractivity contribution < 1.29 is 9.90 Å². The van der Waals surface area contributed by atoms with Crippen LogP contribution in [0.15, 0.2) is 18.2 Å². The van der Waals surface area contributed by atoms with E-state index in [0.717, 1.165) is 18.5 Å². The number of aliphatic hydroxyl groups excluding tert-OH is 1. The SMILES string of the molecule is Cc1cccc(C(=O)N2CC(CO)CCC2C)n1. The van der Waals surface area contributed by atoms with Crippen LogP contribution >= 0.6 is 0 Å². The molecule has 1 aliphatic rings. The predicted octanol–water partition coefficient (Wildman–Crippen LogP) is 1.62. The third kappa shape index (κ3) is 2.70. The summed E-state index contributed by atoms with van der Waals surface area (Å²) < 4.78 is 0. The highest BCUT2D eigenvalue weighted by Crippen LogP contribution is 2.23. The maximum atomic E-state index is 12.4. The number of hydrogen-bond donors (Lipinski definition) is 1. The van der Waals surface area contributed by atoms with Crippen molar-refractivity contribution in [1.29, 1.82) is 0 Å². The normalized spacial score (nSPS) is 24.1. The number of pyridine rings is 1. The lowest BCUT2D eigenvalue weighted by Gasteiger charge is -2.37. The maximum absolute atomic E-state index is 12.4. The molecule has 4 nitrogen and oxygen atoms in total. The van der Waals surface area contributed by atoms with Crippen molar-refractivity contribution in [2.75, 3.05) is 13.2 Å². The summed E-state index contributed by atoms with van der Waals surface area (Å²) >= 11 is 0. The maximum Gasteiger partial charge on any atom is 0.272 e. The van der Waals surface area contributed by atoms with Crippen molar-refractivity contribution in [2.24, 2.45) is 5.92 Å². The minimum atomic E-state index is -0.0237. The summed E-state index contributed by atoms with van der Waals surface area (Å²) in [4.78, 5) is 18.5. The van der Waals surface area contributed by atoms with Crippen LogP contribution in [0, 0.1) is 12.8 Å². The first-order chi connectivity index (χ1) is 8.61. The standard InChI is InChI=1S/C14H20N2O2/c1-10-4-3-5-13(15-10)14(18)16-8-12(9-17)7-6-11(16)2/h3-5,11-12,17H,6-9H2,1-2H3. The highest BCUT2D eigenvalue weighted by atomic mass is 16.3. The number of piperidine rings is 1. The first-order valence-electron chi connectivity index (χ1n) is 6.47. The summed E-state index contributed by atoms with van der Waals surface area (Å²) in [6.07, 6.45) is 1.94. The lowest BCUT2D eigenvalue weighted by Crippen LogP contribution is -2.46. The summed E-state index contributed by atoms with van der Waals surface area (Å²) in [5, 5.41) is 9.24. The van der Waals surface area contributed by atoms with E-state index < -0.39 is 0 Å². The van der Waals surface area contributed by atoms with E-state index in [1.54, 1.807) is 6.07 Å². The summed E-state index contributed by atoms with van der Waals surface area (Å²) in [5.41, 5.74) is 1.35. The topological polar surface area (TPSA) is 53.4 Å². The summed E-state index contributed by atoms with van der Waals surface area (Å²) in [7, 11) is 0. The van der Waals surface area contributed by atoms with Crippen LogP contribution in [0.5, 0.6) is 0 Å². The summed E-state index contributed by atoms with van der Waals surface area (Å²) in [5.74, 6) is 0.180. The Kier molecular flexibility index (Phi) is 3.97. The second kappa shape index (κ2) is 5.48. The molecule has 0 spiro atoms. The van der Waals surface area contributed by atoms with Gasteiger partial charge in [-0.15, -0.1) is 0 Å². The minimum Gasteiger partial charge on any atom is -0.396 e. The quantitative estimate of drug-likeness (QED) is 0.865. The Balaban J connectivity index is 2.16. The fourth-order valence-electron chi connectivity index (χ4n) is 2.42. The lowest BCUT2D eigenvalue weighted by molar-refractivity contribution is 0.0483. The number of carbonyl (C=O) groups excluding carboxylic acids is 1. The Hall–Kier alpha value is -1.42. The van der Waals surface area contributed by atoms with Gasteiger partial charge in [0.2, 0.25) is 0 Å². The molecule has 1 saturated heterocycles. The largest absolute Gasteiger partial charge is 0.396 e. The van der Waals surface area contributed by atoms with E-state index in [1.165, 1.54) is 0 Å². The van der Waals surface area contributed by atoms with Crippen molar-refractivity contribution in [1.82, 2.24) is 9.88 Å². The van der Waals surface area contributed by atoms with E-state index in [0.29, 0.717) is 12.2 Å². The molecule has 98 valence electrons. The Morgan fingerprint density at radius 3 is 2.94 bits per heavy atom. The second-order valence-electron chi connectivity index (χ2n) is 5.10. The number of carbonyl (C=O) groups is 1. The third-order valence-electron chi connectivity index (χ3n) is 3.61. The molecule has 1 N–H and O–H groups in total. The molecule has 18 heavy (non-hydrogen) atoms. The van der Waals surface area contributed by atoms with Crippen molar-refractivity contribution in [2.45, 2.75) is 32.7 Å². The minimum absolute atomic E-state index is 0.0237. The van der Waals surface area contributed by atoms with E-state index in [4.69, 9.17) is 0 Å². The smallest absolute Gasteiger partial charge is 0.272 e. The zero-order chi connectivity index (χ0) is 13.1. The van der Waals surface area contributed by atoms with Crippen molar-refractivity contribution in [3.63, 3.8) is 0 Å². The number of aryl methyl sites for hydroxylation is 1. The number of hydrogen-bond acceptors (Lipinski definition) is 3. The van der Waals surface area contributed by atoms with Crippen molar-refractivity contribution >= 4 is 5.91 Å². The predicted molar refractivity (Wildman–Crippen MR) is 69.3 cm³/mol. The van der Waals surface area contributed by atoms with Gasteiger partial charge in [0.25, 0.3) is 5.91 Å². The molecule has 0 aromatic carbocycles. The third-order valence-corrected chi connectivity index (χ3v) is 3.61. The van der Waals surface area contributed by atoms with Crippen LogP contribution in [0.25, 0.3) is 0 Å². The molecule has 2 unspecified atom stereocenters. The molecule has 0 saturated carbocycles. The number of aliphatic hydroxyl groups is 1. The molecule has 2 rings (SSSR count). The molecule has 0 radical (unpaired) electrons. The number of rotatable bonds is 2. The van der Waals surface area contributed by atoms with Gasteiger partial charge in [-0.2, -0.15) is 0 Å². The molecule has 1 amide bonds. The van der Waals surface area contributed by atoms with Gasteiger partial charge in [-0.05, 0) is 44.7 Å². The number of amides is 1. The molecule has 1 fully saturated rings. The molecule has 0 aliphatic carbocycles. The zero-order valence-electron chi connectivity index (χ0n) is 11.0. The van der Waals surface area contributed by atoms with Crippen LogP contribution in [0.3, 0.4) is 0 Å². The van der Waals surface area contributed by atoms with Gasteiger partial charge in [-0.25, -0.2) is 4.98 Å². The van der Waals surface area contributed by atoms with Crippen molar-refractivity contribution in [3.8, 4) is 0 Å². The van der Waals surface area contributed by atoms with Crippen LogP contribution in [0.4, 0.5) is 0 Å². The monoisotopic (exact) mass is 248 g/mol.